The minimum absolute atomic E-state index is 0.170. The summed E-state index contributed by atoms with van der Waals surface area (Å²) in [5.74, 6) is -1.06. The number of benzene rings is 1. The van der Waals surface area contributed by atoms with Gasteiger partial charge in [0.2, 0.25) is 5.88 Å². The van der Waals surface area contributed by atoms with Gasteiger partial charge in [-0.25, -0.2) is 19.9 Å². The number of aromatic nitrogens is 4. The van der Waals surface area contributed by atoms with Crippen molar-refractivity contribution in [1.82, 2.24) is 24.7 Å². The molecule has 3 rings (SSSR count). The largest absolute Gasteiger partial charge is 0.473 e. The Bertz CT molecular complexity index is 1580. The van der Waals surface area contributed by atoms with Crippen LogP contribution < -0.4 is 18.9 Å². The minimum Gasteiger partial charge on any atom is -0.473 e. The van der Waals surface area contributed by atoms with Crippen LogP contribution in [0.1, 0.15) is 32.6 Å². The van der Waals surface area contributed by atoms with Gasteiger partial charge in [0, 0.05) is 28.8 Å². The number of hydrogen-bond donors (Lipinski definition) is 2. The monoisotopic (exact) mass is 532 g/mol. The molecule has 0 spiro atoms. The molecule has 2 heterocycles. The third kappa shape index (κ3) is 6.84. The third-order valence-corrected chi connectivity index (χ3v) is 4.62. The van der Waals surface area contributed by atoms with Crippen LogP contribution in [0, 0.1) is 6.92 Å². The summed E-state index contributed by atoms with van der Waals surface area (Å²) in [5, 5.41) is 0. The molecule has 2 N–H and O–H groups in total. The first kappa shape index (κ1) is 13.7. The molecule has 0 saturated carbocycles. The average molecular weight is 533 g/mol. The van der Waals surface area contributed by atoms with E-state index < -0.39 is 70.1 Å². The Labute approximate surface area is 209 Å². The van der Waals surface area contributed by atoms with Crippen molar-refractivity contribution in [2.75, 3.05) is 24.4 Å². The summed E-state index contributed by atoms with van der Waals surface area (Å²) in [7, 11) is -4.91. The van der Waals surface area contributed by atoms with Gasteiger partial charge in [0.15, 0.2) is 5.82 Å². The van der Waals surface area contributed by atoms with E-state index in [2.05, 4.69) is 35.9 Å². The summed E-state index contributed by atoms with van der Waals surface area (Å²) < 4.78 is 119. The Balaban J connectivity index is 2.04. The van der Waals surface area contributed by atoms with E-state index in [1.807, 2.05) is 4.72 Å². The molecule has 10 nitrogen and oxygen atoms in total. The van der Waals surface area contributed by atoms with Gasteiger partial charge in [0.1, 0.15) is 19.5 Å². The molecular formula is C20H23BrN6O4S. The predicted molar refractivity (Wildman–Crippen MR) is 124 cm³/mol. The fourth-order valence-electron chi connectivity index (χ4n) is 2.12. The van der Waals surface area contributed by atoms with Crippen molar-refractivity contribution < 1.29 is 31.6 Å². The highest BCUT2D eigenvalue weighted by Gasteiger charge is 2.19. The van der Waals surface area contributed by atoms with Crippen LogP contribution in [0.3, 0.4) is 0 Å². The molecule has 12 heteroatoms. The molecule has 0 unspecified atom stereocenters. The number of anilines is 1. The zero-order valence-corrected chi connectivity index (χ0v) is 19.1. The highest BCUT2D eigenvalue weighted by Crippen LogP contribution is 2.34. The quantitative estimate of drug-likeness (QED) is 0.360. The van der Waals surface area contributed by atoms with Crippen LogP contribution in [0.15, 0.2) is 47.3 Å². The van der Waals surface area contributed by atoms with Crippen molar-refractivity contribution in [3.05, 3.63) is 52.9 Å². The molecule has 1 aromatic carbocycles. The van der Waals surface area contributed by atoms with Crippen LogP contribution in [-0.4, -0.2) is 48.1 Å². The number of nitrogens with zero attached hydrogens (tertiary/aromatic N) is 4. The molecule has 0 bridgehead atoms. The Morgan fingerprint density at radius 2 is 1.78 bits per heavy atom. The number of ether oxygens (including phenoxy) is 2. The molecule has 170 valence electrons. The van der Waals surface area contributed by atoms with Crippen molar-refractivity contribution in [3.63, 3.8) is 0 Å². The molecule has 0 radical (unpaired) electrons. The van der Waals surface area contributed by atoms with Crippen LogP contribution in [0.5, 0.6) is 11.9 Å². The summed E-state index contributed by atoms with van der Waals surface area (Å²) in [6, 6.07) is -2.54. The van der Waals surface area contributed by atoms with Gasteiger partial charge in [-0.05, 0) is 36.5 Å². The molecule has 2 aromatic heterocycles. The fraction of sp³-hybridized carbons (Fsp3) is 0.300. The van der Waals surface area contributed by atoms with Gasteiger partial charge in [-0.3, -0.25) is 4.72 Å². The zero-order valence-electron chi connectivity index (χ0n) is 26.7. The minimum atomic E-state index is -4.91. The second-order valence-electron chi connectivity index (χ2n) is 5.73. The second kappa shape index (κ2) is 11.2. The number of rotatable bonds is 11. The van der Waals surface area contributed by atoms with Gasteiger partial charge in [-0.1, -0.05) is 34.9 Å². The molecule has 32 heavy (non-hydrogen) atoms. The maximum atomic E-state index is 12.8. The lowest BCUT2D eigenvalue weighted by Gasteiger charge is -2.15. The third-order valence-electron chi connectivity index (χ3n) is 3.39. The smallest absolute Gasteiger partial charge is 0.316 e. The van der Waals surface area contributed by atoms with E-state index in [4.69, 9.17) is 23.2 Å². The summed E-state index contributed by atoms with van der Waals surface area (Å²) in [6.45, 7) is -1.36. The topological polar surface area (TPSA) is 128 Å². The van der Waals surface area contributed by atoms with E-state index in [9.17, 15) is 8.42 Å². The first-order valence-corrected chi connectivity index (χ1v) is 11.1. The first-order valence-electron chi connectivity index (χ1n) is 13.8. The maximum absolute atomic E-state index is 12.8. The first-order chi connectivity index (χ1) is 19.3. The van der Waals surface area contributed by atoms with Gasteiger partial charge in [-0.2, -0.15) is 13.1 Å². The molecule has 0 saturated heterocycles. The average Bonchev–Trinajstić information content (AvgIpc) is 2.87. The molecular weight excluding hydrogens is 500 g/mol. The van der Waals surface area contributed by atoms with Crippen molar-refractivity contribution in [1.29, 1.82) is 0 Å². The van der Waals surface area contributed by atoms with Crippen molar-refractivity contribution >= 4 is 32.0 Å². The normalized spacial score (nSPS) is 16.6. The van der Waals surface area contributed by atoms with E-state index in [0.29, 0.717) is 0 Å². The van der Waals surface area contributed by atoms with Crippen LogP contribution in [0.25, 0.3) is 11.1 Å². The van der Waals surface area contributed by atoms with Crippen molar-refractivity contribution in [3.8, 4) is 23.0 Å². The van der Waals surface area contributed by atoms with Gasteiger partial charge >= 0.3 is 6.01 Å². The van der Waals surface area contributed by atoms with E-state index in [0.717, 1.165) is 13.3 Å². The standard InChI is InChI=1S/C20H23BrN6O4S/c1-3-8-26-32(28,29)27-18-17(15-4-6-16(21)7-5-15)19(25-13-24-18)30-9-10-31-20-22-11-14(2)12-23-20/h4-7,11-13,26H,3,8-10H2,1-2H3,(H,24,25,27)/i3D2,4D,5D,6D,7D,8D2,11D,12D. The predicted octanol–water partition coefficient (Wildman–Crippen LogP) is 3.12. The molecule has 0 aliphatic carbocycles. The SMILES string of the molecule is [2H]c1nc(OCCOc2ncnc(NS(=O)(=O)NC([2H])([2H])C([2H])([2H])C)c2-c2c([2H])c([2H])c(Br)c([2H])c2[2H])nc([2H])c1C. The van der Waals surface area contributed by atoms with Crippen LogP contribution in [-0.2, 0) is 10.2 Å². The summed E-state index contributed by atoms with van der Waals surface area (Å²) in [6.07, 6.45) is -2.23. The number of nitrogens with one attached hydrogen (secondary N) is 2. The summed E-state index contributed by atoms with van der Waals surface area (Å²) in [4.78, 5) is 15.3. The highest BCUT2D eigenvalue weighted by molar-refractivity contribution is 9.10. The number of halogens is 1. The Morgan fingerprint density at radius 3 is 2.47 bits per heavy atom. The molecule has 3 aromatic rings. The summed E-state index contributed by atoms with van der Waals surface area (Å²) >= 11 is 2.98. The van der Waals surface area contributed by atoms with Crippen LogP contribution >= 0.6 is 15.9 Å². The maximum Gasteiger partial charge on any atom is 0.316 e. The van der Waals surface area contributed by atoms with Gasteiger partial charge in [-0.15, -0.1) is 0 Å². The van der Waals surface area contributed by atoms with E-state index >= 15 is 0 Å². The molecule has 0 aliphatic heterocycles. The molecule has 0 atom stereocenters. The lowest BCUT2D eigenvalue weighted by molar-refractivity contribution is 0.202. The van der Waals surface area contributed by atoms with Gasteiger partial charge in [0.25, 0.3) is 10.2 Å². The van der Waals surface area contributed by atoms with Crippen molar-refractivity contribution in [2.24, 2.45) is 0 Å². The fourth-order valence-corrected chi connectivity index (χ4v) is 3.02. The highest BCUT2D eigenvalue weighted by atomic mass is 79.9. The molecule has 0 fully saturated rings. The Hall–Kier alpha value is -2.83. The lowest BCUT2D eigenvalue weighted by Crippen LogP contribution is -2.31. The lowest BCUT2D eigenvalue weighted by atomic mass is 10.1. The van der Waals surface area contributed by atoms with E-state index in [1.54, 1.807) is 4.72 Å². The zero-order chi connectivity index (χ0) is 31.8. The summed E-state index contributed by atoms with van der Waals surface area (Å²) in [5.41, 5.74) is -0.664. The Kier molecular flexibility index (Phi) is 4.76. The van der Waals surface area contributed by atoms with Gasteiger partial charge in [0.05, 0.1) is 13.8 Å². The molecule has 0 aliphatic rings. The van der Waals surface area contributed by atoms with E-state index in [-0.39, 0.29) is 41.6 Å². The van der Waals surface area contributed by atoms with Crippen LogP contribution in [0.2, 0.25) is 0 Å². The second-order valence-corrected chi connectivity index (χ2v) is 7.93. The molecule has 0 amide bonds. The Morgan fingerprint density at radius 1 is 1.09 bits per heavy atom. The number of hydrogen-bond acceptors (Lipinski definition) is 8. The van der Waals surface area contributed by atoms with E-state index in [1.165, 1.54) is 6.92 Å². The van der Waals surface area contributed by atoms with Crippen LogP contribution in [0.4, 0.5) is 5.82 Å². The van der Waals surface area contributed by atoms with Gasteiger partial charge < -0.3 is 9.47 Å². The van der Waals surface area contributed by atoms with Crippen molar-refractivity contribution in [2.45, 2.75) is 20.2 Å².